The molecule has 0 aromatic heterocycles. The molecular formula is C39H46N2. The van der Waals surface area contributed by atoms with Crippen LogP contribution >= 0.6 is 0 Å². The summed E-state index contributed by atoms with van der Waals surface area (Å²) in [4.78, 5) is 2.36. The molecule has 0 aliphatic rings. The van der Waals surface area contributed by atoms with Gasteiger partial charge in [0.15, 0.2) is 0 Å². The van der Waals surface area contributed by atoms with Gasteiger partial charge in [0.2, 0.25) is 0 Å². The van der Waals surface area contributed by atoms with E-state index in [1.165, 1.54) is 73.9 Å². The molecule has 6 aromatic rings. The molecule has 0 saturated heterocycles. The van der Waals surface area contributed by atoms with Gasteiger partial charge in [-0.3, -0.25) is 0 Å². The van der Waals surface area contributed by atoms with Crippen LogP contribution in [0.4, 0.5) is 11.4 Å². The first-order valence-electron chi connectivity index (χ1n) is 15.1. The summed E-state index contributed by atoms with van der Waals surface area (Å²) >= 11 is 0. The highest BCUT2D eigenvalue weighted by molar-refractivity contribution is 6.27. The molecule has 2 N–H and O–H groups in total. The Bertz CT molecular complexity index is 1640. The van der Waals surface area contributed by atoms with Crippen molar-refractivity contribution < 1.29 is 0 Å². The maximum atomic E-state index is 4.50. The summed E-state index contributed by atoms with van der Waals surface area (Å²) in [5, 5.41) is 8.52. The molecule has 0 atom stereocenters. The summed E-state index contributed by atoms with van der Waals surface area (Å²) in [7, 11) is 3.70. The van der Waals surface area contributed by atoms with Crippen molar-refractivity contribution in [2.24, 2.45) is 5.73 Å². The molecule has 0 saturated carbocycles. The summed E-state index contributed by atoms with van der Waals surface area (Å²) in [6, 6.07) is 37.2. The predicted molar refractivity (Wildman–Crippen MR) is 183 cm³/mol. The van der Waals surface area contributed by atoms with E-state index in [-0.39, 0.29) is 0 Å². The second-order valence-electron chi connectivity index (χ2n) is 11.3. The van der Waals surface area contributed by atoms with E-state index in [9.17, 15) is 0 Å². The molecule has 0 aliphatic carbocycles. The molecule has 0 unspecified atom stereocenters. The Morgan fingerprint density at radius 2 is 1.02 bits per heavy atom. The standard InChI is InChI=1S/C32H35N.C6H6.CH5N/c1-7-11-22-18-28(20(2)3)25-16-17-27-30(33(6)23-12-9-8-10-13-23)19-29(21(4)5)26-15-14-24(22)31(25)32(26)27;1-2-4-6-5-3-1;1-2/h8-10,12-21H,7,11H2,1-6H3;1-6H;2H2,1H3. The summed E-state index contributed by atoms with van der Waals surface area (Å²) in [5.74, 6) is 0.957. The number of para-hydroxylation sites is 1. The minimum absolute atomic E-state index is 0.456. The number of hydrogen-bond donors (Lipinski definition) is 1. The smallest absolute Gasteiger partial charge is 0.0491 e. The third-order valence-electron chi connectivity index (χ3n) is 7.96. The molecule has 6 rings (SSSR count). The zero-order valence-electron chi connectivity index (χ0n) is 25.9. The molecule has 41 heavy (non-hydrogen) atoms. The van der Waals surface area contributed by atoms with Gasteiger partial charge in [-0.15, -0.1) is 0 Å². The van der Waals surface area contributed by atoms with Crippen molar-refractivity contribution in [3.8, 4) is 0 Å². The van der Waals surface area contributed by atoms with Crippen LogP contribution in [0, 0.1) is 0 Å². The quantitative estimate of drug-likeness (QED) is 0.212. The molecule has 0 fully saturated rings. The largest absolute Gasteiger partial charge is 0.344 e. The Hall–Kier alpha value is -3.88. The number of anilines is 2. The average molecular weight is 543 g/mol. The number of benzene rings is 6. The van der Waals surface area contributed by atoms with Crippen molar-refractivity contribution in [3.05, 3.63) is 120 Å². The fraction of sp³-hybridized carbons (Fsp3) is 0.282. The number of aryl methyl sites for hydroxylation is 1. The molecule has 0 amide bonds. The maximum absolute atomic E-state index is 4.50. The highest BCUT2D eigenvalue weighted by Gasteiger charge is 2.21. The number of nitrogens with zero attached hydrogens (tertiary/aromatic N) is 1. The Balaban J connectivity index is 0.000000424. The van der Waals surface area contributed by atoms with Gasteiger partial charge < -0.3 is 10.6 Å². The molecule has 0 heterocycles. The summed E-state index contributed by atoms with van der Waals surface area (Å²) in [6.07, 6.45) is 2.29. The first kappa shape index (κ1) is 30.1. The minimum Gasteiger partial charge on any atom is -0.344 e. The Morgan fingerprint density at radius 3 is 1.54 bits per heavy atom. The van der Waals surface area contributed by atoms with Gasteiger partial charge in [-0.1, -0.05) is 126 Å². The van der Waals surface area contributed by atoms with E-state index >= 15 is 0 Å². The van der Waals surface area contributed by atoms with Gasteiger partial charge in [0, 0.05) is 23.8 Å². The van der Waals surface area contributed by atoms with Crippen LogP contribution in [-0.4, -0.2) is 14.1 Å². The van der Waals surface area contributed by atoms with Crippen molar-refractivity contribution in [2.75, 3.05) is 19.0 Å². The first-order valence-corrected chi connectivity index (χ1v) is 15.1. The van der Waals surface area contributed by atoms with Gasteiger partial charge in [0.1, 0.15) is 0 Å². The van der Waals surface area contributed by atoms with Crippen LogP contribution in [-0.2, 0) is 6.42 Å². The van der Waals surface area contributed by atoms with Gasteiger partial charge in [-0.05, 0) is 87.1 Å². The van der Waals surface area contributed by atoms with Gasteiger partial charge in [0.05, 0.1) is 0 Å². The molecule has 6 aromatic carbocycles. The summed E-state index contributed by atoms with van der Waals surface area (Å²) in [6.45, 7) is 11.6. The van der Waals surface area contributed by atoms with Crippen molar-refractivity contribution in [1.29, 1.82) is 0 Å². The molecular weight excluding hydrogens is 496 g/mol. The van der Waals surface area contributed by atoms with Gasteiger partial charge in [-0.2, -0.15) is 0 Å². The van der Waals surface area contributed by atoms with Crippen molar-refractivity contribution in [2.45, 2.75) is 59.3 Å². The SMILES string of the molecule is CCCc1cc(C(C)C)c2ccc3c(N(C)c4ccccc4)cc(C(C)C)c4ccc1c2c43.CN.c1ccccc1. The Labute approximate surface area is 247 Å². The fourth-order valence-electron chi connectivity index (χ4n) is 5.99. The Kier molecular flexibility index (Phi) is 10.0. The topological polar surface area (TPSA) is 29.3 Å². The number of hydrogen-bond acceptors (Lipinski definition) is 2. The van der Waals surface area contributed by atoms with Crippen LogP contribution < -0.4 is 10.6 Å². The van der Waals surface area contributed by atoms with E-state index in [0.717, 1.165) is 6.42 Å². The van der Waals surface area contributed by atoms with E-state index in [1.54, 1.807) is 0 Å². The number of rotatable bonds is 6. The van der Waals surface area contributed by atoms with Gasteiger partial charge in [-0.25, -0.2) is 0 Å². The molecule has 0 radical (unpaired) electrons. The Morgan fingerprint density at radius 1 is 0.585 bits per heavy atom. The van der Waals surface area contributed by atoms with Crippen molar-refractivity contribution in [1.82, 2.24) is 0 Å². The van der Waals surface area contributed by atoms with Crippen molar-refractivity contribution in [3.63, 3.8) is 0 Å². The van der Waals surface area contributed by atoms with Gasteiger partial charge >= 0.3 is 0 Å². The molecule has 2 nitrogen and oxygen atoms in total. The number of nitrogens with two attached hydrogens (primary N) is 1. The molecule has 0 aliphatic heterocycles. The molecule has 212 valence electrons. The highest BCUT2D eigenvalue weighted by Crippen LogP contribution is 2.46. The predicted octanol–water partition coefficient (Wildman–Crippen LogP) is 10.8. The highest BCUT2D eigenvalue weighted by atomic mass is 15.1. The lowest BCUT2D eigenvalue weighted by Crippen LogP contribution is -2.11. The lowest BCUT2D eigenvalue weighted by molar-refractivity contribution is 0.866. The third-order valence-corrected chi connectivity index (χ3v) is 7.96. The van der Waals surface area contributed by atoms with E-state index in [4.69, 9.17) is 0 Å². The van der Waals surface area contributed by atoms with E-state index in [2.05, 4.69) is 119 Å². The van der Waals surface area contributed by atoms with Crippen LogP contribution in [0.25, 0.3) is 32.3 Å². The summed E-state index contributed by atoms with van der Waals surface area (Å²) in [5.41, 5.74) is 11.4. The zero-order valence-corrected chi connectivity index (χ0v) is 25.9. The van der Waals surface area contributed by atoms with Crippen molar-refractivity contribution >= 4 is 43.7 Å². The third kappa shape index (κ3) is 6.09. The maximum Gasteiger partial charge on any atom is 0.0491 e. The zero-order chi connectivity index (χ0) is 29.5. The normalized spacial score (nSPS) is 11.1. The van der Waals surface area contributed by atoms with E-state index in [1.807, 2.05) is 36.4 Å². The van der Waals surface area contributed by atoms with Crippen LogP contribution in [0.15, 0.2) is 103 Å². The fourth-order valence-corrected chi connectivity index (χ4v) is 5.99. The monoisotopic (exact) mass is 542 g/mol. The van der Waals surface area contributed by atoms with Crippen LogP contribution in [0.1, 0.15) is 69.6 Å². The van der Waals surface area contributed by atoms with Crippen LogP contribution in [0.5, 0.6) is 0 Å². The van der Waals surface area contributed by atoms with E-state index in [0.29, 0.717) is 11.8 Å². The minimum atomic E-state index is 0.456. The van der Waals surface area contributed by atoms with Crippen LogP contribution in [0.2, 0.25) is 0 Å². The van der Waals surface area contributed by atoms with Crippen LogP contribution in [0.3, 0.4) is 0 Å². The summed E-state index contributed by atoms with van der Waals surface area (Å²) < 4.78 is 0. The molecule has 0 bridgehead atoms. The lowest BCUT2D eigenvalue weighted by Gasteiger charge is -2.27. The second kappa shape index (κ2) is 13.7. The second-order valence-corrected chi connectivity index (χ2v) is 11.3. The molecule has 0 spiro atoms. The van der Waals surface area contributed by atoms with E-state index < -0.39 is 0 Å². The average Bonchev–Trinajstić information content (AvgIpc) is 3.02. The first-order chi connectivity index (χ1) is 19.9. The molecule has 2 heteroatoms. The lowest BCUT2D eigenvalue weighted by atomic mass is 9.83. The van der Waals surface area contributed by atoms with Gasteiger partial charge in [0.25, 0.3) is 0 Å².